The Hall–Kier alpha value is -2.47. The number of carbonyl (C=O) groups is 1. The van der Waals surface area contributed by atoms with Crippen molar-refractivity contribution in [2.24, 2.45) is 5.92 Å². The van der Waals surface area contributed by atoms with Gasteiger partial charge in [-0.05, 0) is 48.6 Å². The highest BCUT2D eigenvalue weighted by Gasteiger charge is 2.10. The van der Waals surface area contributed by atoms with Crippen molar-refractivity contribution in [3.8, 4) is 5.75 Å². The molecule has 0 saturated carbocycles. The molecule has 0 spiro atoms. The molecule has 31 heavy (non-hydrogen) atoms. The number of hydrogen-bond acceptors (Lipinski definition) is 6. The highest BCUT2D eigenvalue weighted by molar-refractivity contribution is 7.22. The molecule has 0 bridgehead atoms. The molecule has 0 saturated heterocycles. The maximum absolute atomic E-state index is 10.3. The van der Waals surface area contributed by atoms with E-state index >= 15 is 0 Å². The van der Waals surface area contributed by atoms with Crippen LogP contribution in [0.1, 0.15) is 57.6 Å². The normalized spacial score (nSPS) is 10.6. The molecule has 168 valence electrons. The monoisotopic (exact) mass is 441 g/mol. The van der Waals surface area contributed by atoms with E-state index in [0.717, 1.165) is 66.9 Å². The third-order valence-electron chi connectivity index (χ3n) is 5.11. The maximum atomic E-state index is 10.3. The summed E-state index contributed by atoms with van der Waals surface area (Å²) in [4.78, 5) is 21.3. The molecule has 3 rings (SSSR count). The Balaban J connectivity index is 0.000000323. The predicted molar refractivity (Wildman–Crippen MR) is 131 cm³/mol. The van der Waals surface area contributed by atoms with Gasteiger partial charge < -0.3 is 14.4 Å². The number of thiazole rings is 1. The van der Waals surface area contributed by atoms with E-state index in [1.807, 2.05) is 12.3 Å². The van der Waals surface area contributed by atoms with E-state index in [2.05, 4.69) is 55.9 Å². The SMILES string of the molecule is CCCC(C=O)CCC.CCc1ccc2nc(N(C)Cc3cncc(OC)c3)sc2c1. The van der Waals surface area contributed by atoms with Gasteiger partial charge in [-0.15, -0.1) is 0 Å². The van der Waals surface area contributed by atoms with E-state index in [4.69, 9.17) is 9.72 Å². The summed E-state index contributed by atoms with van der Waals surface area (Å²) < 4.78 is 6.46. The number of anilines is 1. The molecule has 0 radical (unpaired) electrons. The number of rotatable bonds is 10. The summed E-state index contributed by atoms with van der Waals surface area (Å²) in [5, 5.41) is 1.02. The topological polar surface area (TPSA) is 55.3 Å². The molecule has 6 heteroatoms. The number of nitrogens with zero attached hydrogens (tertiary/aromatic N) is 3. The number of carbonyl (C=O) groups excluding carboxylic acids is 1. The first-order valence-corrected chi connectivity index (χ1v) is 11.9. The second-order valence-electron chi connectivity index (χ2n) is 7.71. The van der Waals surface area contributed by atoms with Gasteiger partial charge in [0.2, 0.25) is 0 Å². The van der Waals surface area contributed by atoms with Crippen LogP contribution in [-0.2, 0) is 17.8 Å². The first-order chi connectivity index (χ1) is 15.0. The van der Waals surface area contributed by atoms with Crippen molar-refractivity contribution in [3.05, 3.63) is 47.8 Å². The van der Waals surface area contributed by atoms with Gasteiger partial charge in [-0.2, -0.15) is 0 Å². The highest BCUT2D eigenvalue weighted by Crippen LogP contribution is 2.30. The number of aryl methyl sites for hydroxylation is 1. The van der Waals surface area contributed by atoms with Gasteiger partial charge in [-0.1, -0.05) is 51.0 Å². The standard InChI is InChI=1S/C17H19N3OS.C8H16O/c1-4-12-5-6-15-16(8-12)22-17(19-15)20(2)11-13-7-14(21-3)10-18-9-13;1-3-5-8(7-9)6-4-2/h5-10H,4,11H2,1-3H3;7-8H,3-6H2,1-2H3. The van der Waals surface area contributed by atoms with Crippen LogP contribution >= 0.6 is 11.3 Å². The summed E-state index contributed by atoms with van der Waals surface area (Å²) in [6.45, 7) is 7.16. The average molecular weight is 442 g/mol. The van der Waals surface area contributed by atoms with Crippen LogP contribution in [-0.4, -0.2) is 30.4 Å². The predicted octanol–water partition coefficient (Wildman–Crippen LogP) is 6.30. The molecule has 0 N–H and O–H groups in total. The van der Waals surface area contributed by atoms with Gasteiger partial charge >= 0.3 is 0 Å². The van der Waals surface area contributed by atoms with E-state index in [0.29, 0.717) is 5.92 Å². The fourth-order valence-corrected chi connectivity index (χ4v) is 4.36. The molecule has 0 aliphatic rings. The van der Waals surface area contributed by atoms with Crippen LogP contribution in [0.15, 0.2) is 36.7 Å². The van der Waals surface area contributed by atoms with Gasteiger partial charge in [-0.3, -0.25) is 4.98 Å². The number of ether oxygens (including phenoxy) is 1. The summed E-state index contributed by atoms with van der Waals surface area (Å²) in [5.74, 6) is 1.11. The lowest BCUT2D eigenvalue weighted by atomic mass is 10.0. The number of fused-ring (bicyclic) bond motifs is 1. The number of aldehydes is 1. The molecule has 5 nitrogen and oxygen atoms in total. The number of aromatic nitrogens is 2. The van der Waals surface area contributed by atoms with Crippen LogP contribution in [0.2, 0.25) is 0 Å². The lowest BCUT2D eigenvalue weighted by Gasteiger charge is -2.15. The minimum Gasteiger partial charge on any atom is -0.495 e. The Morgan fingerprint density at radius 3 is 2.45 bits per heavy atom. The van der Waals surface area contributed by atoms with Crippen molar-refractivity contribution in [1.82, 2.24) is 9.97 Å². The van der Waals surface area contributed by atoms with Crippen LogP contribution in [0.3, 0.4) is 0 Å². The van der Waals surface area contributed by atoms with E-state index in [9.17, 15) is 4.79 Å². The Morgan fingerprint density at radius 2 is 1.84 bits per heavy atom. The molecule has 2 aromatic heterocycles. The van der Waals surface area contributed by atoms with Crippen LogP contribution in [0.4, 0.5) is 5.13 Å². The molecule has 0 atom stereocenters. The number of pyridine rings is 1. The lowest BCUT2D eigenvalue weighted by Crippen LogP contribution is -2.16. The lowest BCUT2D eigenvalue weighted by molar-refractivity contribution is -0.111. The summed E-state index contributed by atoms with van der Waals surface area (Å²) >= 11 is 1.73. The second-order valence-corrected chi connectivity index (χ2v) is 8.72. The van der Waals surface area contributed by atoms with Crippen molar-refractivity contribution in [3.63, 3.8) is 0 Å². The molecule has 1 aromatic carbocycles. The zero-order chi connectivity index (χ0) is 22.6. The molecule has 0 fully saturated rings. The fourth-order valence-electron chi connectivity index (χ4n) is 3.37. The van der Waals surface area contributed by atoms with E-state index in [1.54, 1.807) is 24.6 Å². The number of hydrogen-bond donors (Lipinski definition) is 0. The summed E-state index contributed by atoms with van der Waals surface area (Å²) in [6, 6.07) is 8.50. The Morgan fingerprint density at radius 1 is 1.10 bits per heavy atom. The first kappa shape index (κ1) is 24.8. The van der Waals surface area contributed by atoms with E-state index in [1.165, 1.54) is 10.3 Å². The summed E-state index contributed by atoms with van der Waals surface area (Å²) in [6.07, 6.45) is 10.1. The quantitative estimate of drug-likeness (QED) is 0.346. The van der Waals surface area contributed by atoms with E-state index < -0.39 is 0 Å². The maximum Gasteiger partial charge on any atom is 0.186 e. The fraction of sp³-hybridized carbons (Fsp3) is 0.480. The summed E-state index contributed by atoms with van der Waals surface area (Å²) in [5.41, 5.74) is 3.52. The van der Waals surface area contributed by atoms with Crippen LogP contribution in [0.5, 0.6) is 5.75 Å². The van der Waals surface area contributed by atoms with Crippen molar-refractivity contribution >= 4 is 33.0 Å². The molecule has 0 aliphatic heterocycles. The van der Waals surface area contributed by atoms with Gasteiger partial charge in [-0.25, -0.2) is 4.98 Å². The Kier molecular flexibility index (Phi) is 10.4. The minimum atomic E-state index is 0.333. The third kappa shape index (κ3) is 7.62. The van der Waals surface area contributed by atoms with E-state index in [-0.39, 0.29) is 0 Å². The molecule has 0 aliphatic carbocycles. The first-order valence-electron chi connectivity index (χ1n) is 11.1. The van der Waals surface area contributed by atoms with Gasteiger partial charge in [0.05, 0.1) is 23.5 Å². The van der Waals surface area contributed by atoms with Crippen LogP contribution < -0.4 is 9.64 Å². The average Bonchev–Trinajstić information content (AvgIpc) is 3.23. The number of methoxy groups -OCH3 is 1. The van der Waals surface area contributed by atoms with Gasteiger partial charge in [0.1, 0.15) is 12.0 Å². The van der Waals surface area contributed by atoms with Crippen molar-refractivity contribution in [1.29, 1.82) is 0 Å². The molecular formula is C25H35N3O2S. The zero-order valence-electron chi connectivity index (χ0n) is 19.4. The molecule has 3 aromatic rings. The molecule has 0 unspecified atom stereocenters. The summed E-state index contributed by atoms with van der Waals surface area (Å²) in [7, 11) is 3.71. The molecule has 2 heterocycles. The largest absolute Gasteiger partial charge is 0.495 e. The zero-order valence-corrected chi connectivity index (χ0v) is 20.2. The minimum absolute atomic E-state index is 0.333. The van der Waals surface area contributed by atoms with Crippen molar-refractivity contribution < 1.29 is 9.53 Å². The molecule has 0 amide bonds. The number of benzene rings is 1. The highest BCUT2D eigenvalue weighted by atomic mass is 32.1. The van der Waals surface area contributed by atoms with Crippen molar-refractivity contribution in [2.75, 3.05) is 19.1 Å². The van der Waals surface area contributed by atoms with Crippen LogP contribution in [0, 0.1) is 5.92 Å². The smallest absolute Gasteiger partial charge is 0.186 e. The van der Waals surface area contributed by atoms with Crippen LogP contribution in [0.25, 0.3) is 10.2 Å². The Bertz CT molecular complexity index is 935. The third-order valence-corrected chi connectivity index (χ3v) is 6.25. The van der Waals surface area contributed by atoms with Gasteiger partial charge in [0, 0.05) is 25.7 Å². The van der Waals surface area contributed by atoms with Gasteiger partial charge in [0.15, 0.2) is 5.13 Å². The molecular weight excluding hydrogens is 406 g/mol. The second kappa shape index (κ2) is 13.1. The Labute approximate surface area is 190 Å². The van der Waals surface area contributed by atoms with Crippen molar-refractivity contribution in [2.45, 2.75) is 59.4 Å². The van der Waals surface area contributed by atoms with Gasteiger partial charge in [0.25, 0.3) is 0 Å².